The number of rotatable bonds is 5. The van der Waals surface area contributed by atoms with Crippen molar-refractivity contribution in [1.29, 1.82) is 0 Å². The number of hydrogen-bond acceptors (Lipinski definition) is 5. The highest BCUT2D eigenvalue weighted by molar-refractivity contribution is 6.30. The van der Waals surface area contributed by atoms with Crippen LogP contribution in [0.2, 0.25) is 5.02 Å². The molecule has 1 atom stereocenters. The molecule has 5 nitrogen and oxygen atoms in total. The zero-order chi connectivity index (χ0) is 20.4. The third kappa shape index (κ3) is 4.33. The highest BCUT2D eigenvalue weighted by atomic mass is 35.5. The zero-order valence-corrected chi connectivity index (χ0v) is 17.2. The van der Waals surface area contributed by atoms with Crippen LogP contribution in [0, 0.1) is 5.82 Å². The van der Waals surface area contributed by atoms with Gasteiger partial charge in [-0.1, -0.05) is 29.2 Å². The molecule has 1 saturated heterocycles. The standard InChI is InChI=1S/C22H24ClFN4O/c1-28-9-3-2-4-16(28)12-15-13-18-17(7-8-25-22(18)26-15)21(27-29)11-14-5-6-20(24)19(23)10-14/h5-8,10,16,29H,2-4,9,11-13H2,1H3/b27-21+. The lowest BCUT2D eigenvalue weighted by Crippen LogP contribution is -2.37. The monoisotopic (exact) mass is 414 g/mol. The maximum atomic E-state index is 13.4. The lowest BCUT2D eigenvalue weighted by molar-refractivity contribution is 0.190. The van der Waals surface area contributed by atoms with E-state index < -0.39 is 5.82 Å². The maximum Gasteiger partial charge on any atom is 0.155 e. The minimum atomic E-state index is -0.464. The third-order valence-electron chi connectivity index (χ3n) is 5.86. The SMILES string of the molecule is CN1CCCCC1CC1=Nc2nccc(/C(Cc3ccc(F)c(Cl)c3)=N/O)c2C1. The number of piperidine rings is 1. The minimum Gasteiger partial charge on any atom is -0.411 e. The summed E-state index contributed by atoms with van der Waals surface area (Å²) in [5.74, 6) is 0.239. The van der Waals surface area contributed by atoms with E-state index in [1.165, 1.54) is 25.3 Å². The summed E-state index contributed by atoms with van der Waals surface area (Å²) in [4.78, 5) is 11.6. The number of pyridine rings is 1. The molecular formula is C22H24ClFN4O. The number of fused-ring (bicyclic) bond motifs is 1. The van der Waals surface area contributed by atoms with E-state index in [0.717, 1.165) is 35.4 Å². The van der Waals surface area contributed by atoms with Crippen LogP contribution in [0.15, 0.2) is 40.6 Å². The Hall–Kier alpha value is -2.31. The van der Waals surface area contributed by atoms with E-state index in [1.807, 2.05) is 6.07 Å². The second kappa shape index (κ2) is 8.59. The van der Waals surface area contributed by atoms with Crippen molar-refractivity contribution in [2.75, 3.05) is 13.6 Å². The van der Waals surface area contributed by atoms with Gasteiger partial charge in [0.2, 0.25) is 0 Å². The van der Waals surface area contributed by atoms with Crippen LogP contribution in [0.3, 0.4) is 0 Å². The quantitative estimate of drug-likeness (QED) is 0.434. The fraction of sp³-hybridized carbons (Fsp3) is 0.409. The van der Waals surface area contributed by atoms with Gasteiger partial charge >= 0.3 is 0 Å². The summed E-state index contributed by atoms with van der Waals surface area (Å²) in [6.07, 6.45) is 7.40. The molecule has 3 heterocycles. The summed E-state index contributed by atoms with van der Waals surface area (Å²) in [6.45, 7) is 1.13. The van der Waals surface area contributed by atoms with Gasteiger partial charge < -0.3 is 10.1 Å². The Morgan fingerprint density at radius 3 is 2.97 bits per heavy atom. The molecule has 0 amide bonds. The number of nitrogens with zero attached hydrogens (tertiary/aromatic N) is 4. The molecule has 0 radical (unpaired) electrons. The minimum absolute atomic E-state index is 0.0574. The van der Waals surface area contributed by atoms with Gasteiger partial charge in [-0.2, -0.15) is 0 Å². The number of benzene rings is 1. The molecule has 4 rings (SSSR count). The number of likely N-dealkylation sites (tertiary alicyclic amines) is 1. The van der Waals surface area contributed by atoms with Gasteiger partial charge in [0, 0.05) is 48.3 Å². The first-order valence-electron chi connectivity index (χ1n) is 9.95. The van der Waals surface area contributed by atoms with Crippen molar-refractivity contribution in [3.05, 3.63) is 58.0 Å². The smallest absolute Gasteiger partial charge is 0.155 e. The average molecular weight is 415 g/mol. The Bertz CT molecular complexity index is 975. The molecule has 152 valence electrons. The van der Waals surface area contributed by atoms with Crippen LogP contribution in [0.4, 0.5) is 10.2 Å². The van der Waals surface area contributed by atoms with Gasteiger partial charge in [-0.3, -0.25) is 0 Å². The second-order valence-electron chi connectivity index (χ2n) is 7.82. The van der Waals surface area contributed by atoms with E-state index in [-0.39, 0.29) is 5.02 Å². The van der Waals surface area contributed by atoms with Gasteiger partial charge in [0.1, 0.15) is 5.82 Å². The molecule has 7 heteroatoms. The summed E-state index contributed by atoms with van der Waals surface area (Å²) >= 11 is 5.89. The predicted octanol–water partition coefficient (Wildman–Crippen LogP) is 4.80. The molecule has 29 heavy (non-hydrogen) atoms. The summed E-state index contributed by atoms with van der Waals surface area (Å²) in [5, 5.41) is 13.3. The molecule has 0 bridgehead atoms. The second-order valence-corrected chi connectivity index (χ2v) is 8.23. The van der Waals surface area contributed by atoms with Gasteiger partial charge in [0.15, 0.2) is 5.82 Å². The topological polar surface area (TPSA) is 61.1 Å². The fourth-order valence-corrected chi connectivity index (χ4v) is 4.44. The Morgan fingerprint density at radius 1 is 1.34 bits per heavy atom. The van der Waals surface area contributed by atoms with Gasteiger partial charge in [0.25, 0.3) is 0 Å². The molecule has 2 aliphatic rings. The summed E-state index contributed by atoms with van der Waals surface area (Å²) in [6, 6.07) is 6.90. The van der Waals surface area contributed by atoms with Crippen LogP contribution in [-0.4, -0.2) is 46.1 Å². The molecule has 2 aromatic rings. The molecular weight excluding hydrogens is 391 g/mol. The fourth-order valence-electron chi connectivity index (χ4n) is 4.23. The van der Waals surface area contributed by atoms with E-state index in [0.29, 0.717) is 30.4 Å². The largest absolute Gasteiger partial charge is 0.411 e. The zero-order valence-electron chi connectivity index (χ0n) is 16.4. The Kier molecular flexibility index (Phi) is 5.92. The Balaban J connectivity index is 1.53. The van der Waals surface area contributed by atoms with Crippen LogP contribution in [0.1, 0.15) is 42.4 Å². The highest BCUT2D eigenvalue weighted by Gasteiger charge is 2.26. The maximum absolute atomic E-state index is 13.4. The van der Waals surface area contributed by atoms with Gasteiger partial charge in [-0.15, -0.1) is 0 Å². The molecule has 1 aromatic heterocycles. The van der Waals surface area contributed by atoms with E-state index in [4.69, 9.17) is 16.6 Å². The van der Waals surface area contributed by atoms with Crippen LogP contribution in [0.25, 0.3) is 0 Å². The predicted molar refractivity (Wildman–Crippen MR) is 113 cm³/mol. The Morgan fingerprint density at radius 2 is 2.21 bits per heavy atom. The average Bonchev–Trinajstić information content (AvgIpc) is 3.13. The van der Waals surface area contributed by atoms with Crippen LogP contribution in [-0.2, 0) is 12.8 Å². The van der Waals surface area contributed by atoms with Crippen LogP contribution in [0.5, 0.6) is 0 Å². The summed E-state index contributed by atoms with van der Waals surface area (Å²) in [5.41, 5.74) is 4.21. The first kappa shape index (κ1) is 20.0. The normalized spacial score (nSPS) is 19.9. The highest BCUT2D eigenvalue weighted by Crippen LogP contribution is 2.31. The van der Waals surface area contributed by atoms with E-state index in [1.54, 1.807) is 18.3 Å². The van der Waals surface area contributed by atoms with Gasteiger partial charge in [0.05, 0.1) is 10.7 Å². The molecule has 1 unspecified atom stereocenters. The van der Waals surface area contributed by atoms with Crippen molar-refractivity contribution in [2.45, 2.75) is 44.6 Å². The molecule has 1 fully saturated rings. The van der Waals surface area contributed by atoms with E-state index in [9.17, 15) is 9.60 Å². The first-order valence-corrected chi connectivity index (χ1v) is 10.3. The Labute approximate surface area is 174 Å². The molecule has 1 aromatic carbocycles. The number of oxime groups is 1. The van der Waals surface area contributed by atoms with Crippen molar-refractivity contribution in [3.63, 3.8) is 0 Å². The van der Waals surface area contributed by atoms with Crippen molar-refractivity contribution >= 4 is 28.8 Å². The number of aliphatic imine (C=N–C) groups is 1. The lowest BCUT2D eigenvalue weighted by atomic mass is 9.93. The van der Waals surface area contributed by atoms with Gasteiger partial charge in [-0.05, 0) is 50.2 Å². The molecule has 0 aliphatic carbocycles. The van der Waals surface area contributed by atoms with Crippen molar-refractivity contribution in [2.24, 2.45) is 10.1 Å². The summed E-state index contributed by atoms with van der Waals surface area (Å²) in [7, 11) is 2.18. The van der Waals surface area contributed by atoms with Gasteiger partial charge in [-0.25, -0.2) is 14.4 Å². The molecule has 1 N–H and O–H groups in total. The molecule has 0 spiro atoms. The number of aromatic nitrogens is 1. The van der Waals surface area contributed by atoms with Crippen LogP contribution >= 0.6 is 11.6 Å². The van der Waals surface area contributed by atoms with Crippen molar-refractivity contribution in [3.8, 4) is 0 Å². The van der Waals surface area contributed by atoms with E-state index in [2.05, 4.69) is 22.1 Å². The molecule has 0 saturated carbocycles. The van der Waals surface area contributed by atoms with Crippen molar-refractivity contribution < 1.29 is 9.60 Å². The molecule has 2 aliphatic heterocycles. The number of hydrogen-bond donors (Lipinski definition) is 1. The number of halogens is 2. The van der Waals surface area contributed by atoms with Crippen LogP contribution < -0.4 is 0 Å². The summed E-state index contributed by atoms with van der Waals surface area (Å²) < 4.78 is 13.4. The van der Waals surface area contributed by atoms with E-state index >= 15 is 0 Å². The third-order valence-corrected chi connectivity index (χ3v) is 6.15. The first-order chi connectivity index (χ1) is 14.0. The van der Waals surface area contributed by atoms with Crippen molar-refractivity contribution in [1.82, 2.24) is 9.88 Å². The lowest BCUT2D eigenvalue weighted by Gasteiger charge is -2.32.